The third-order valence-electron chi connectivity index (χ3n) is 2.50. The molecule has 0 atom stereocenters. The van der Waals surface area contributed by atoms with Crippen molar-refractivity contribution in [3.8, 4) is 0 Å². The molecule has 0 bridgehead atoms. The molecule has 76 valence electrons. The van der Waals surface area contributed by atoms with E-state index in [1.165, 1.54) is 12.8 Å². The zero-order valence-corrected chi connectivity index (χ0v) is 8.78. The van der Waals surface area contributed by atoms with Crippen molar-refractivity contribution in [1.82, 2.24) is 10.6 Å². The molecule has 0 radical (unpaired) electrons. The maximum atomic E-state index is 11.0. The van der Waals surface area contributed by atoms with Crippen LogP contribution in [0.2, 0.25) is 0 Å². The Morgan fingerprint density at radius 1 is 1.38 bits per heavy atom. The lowest BCUT2D eigenvalue weighted by molar-refractivity contribution is 0.240. The van der Waals surface area contributed by atoms with Crippen LogP contribution in [0.3, 0.4) is 0 Å². The molecule has 1 fully saturated rings. The van der Waals surface area contributed by atoms with Gasteiger partial charge in [-0.2, -0.15) is 0 Å². The van der Waals surface area contributed by atoms with Gasteiger partial charge in [0.05, 0.1) is 0 Å². The van der Waals surface area contributed by atoms with Crippen LogP contribution >= 0.6 is 11.6 Å². The molecule has 0 aromatic heterocycles. The maximum Gasteiger partial charge on any atom is 0.314 e. The van der Waals surface area contributed by atoms with Crippen LogP contribution in [0.4, 0.5) is 4.79 Å². The topological polar surface area (TPSA) is 41.1 Å². The van der Waals surface area contributed by atoms with Crippen molar-refractivity contribution in [2.45, 2.75) is 26.2 Å². The Balaban J connectivity index is 1.95. The number of urea groups is 1. The zero-order chi connectivity index (χ0) is 9.73. The molecule has 13 heavy (non-hydrogen) atoms. The third kappa shape index (κ3) is 4.36. The highest BCUT2D eigenvalue weighted by molar-refractivity contribution is 6.18. The average molecular weight is 205 g/mol. The standard InChI is InChI=1S/C9H17ClN2O/c1-9(2-3-9)4-6-11-8(13)12-7-5-10/h2-7H2,1H3,(H2,11,12,13). The number of hydrogen-bond acceptors (Lipinski definition) is 1. The molecule has 3 nitrogen and oxygen atoms in total. The van der Waals surface area contributed by atoms with Crippen LogP contribution in [0.5, 0.6) is 0 Å². The van der Waals surface area contributed by atoms with E-state index in [1.807, 2.05) is 0 Å². The number of carbonyl (C=O) groups is 1. The minimum Gasteiger partial charge on any atom is -0.338 e. The number of amides is 2. The summed E-state index contributed by atoms with van der Waals surface area (Å²) < 4.78 is 0. The molecule has 0 aliphatic heterocycles. The fourth-order valence-corrected chi connectivity index (χ4v) is 1.26. The molecule has 0 spiro atoms. The number of alkyl halides is 1. The lowest BCUT2D eigenvalue weighted by Gasteiger charge is -2.09. The normalized spacial score (nSPS) is 18.0. The second kappa shape index (κ2) is 4.70. The van der Waals surface area contributed by atoms with Crippen LogP contribution in [0.1, 0.15) is 26.2 Å². The van der Waals surface area contributed by atoms with Gasteiger partial charge in [-0.15, -0.1) is 11.6 Å². The van der Waals surface area contributed by atoms with Crippen LogP contribution in [0.15, 0.2) is 0 Å². The van der Waals surface area contributed by atoms with Gasteiger partial charge in [-0.05, 0) is 24.7 Å². The first-order chi connectivity index (χ1) is 6.16. The summed E-state index contributed by atoms with van der Waals surface area (Å²) in [6.45, 7) is 3.56. The minimum atomic E-state index is -0.107. The van der Waals surface area contributed by atoms with Crippen LogP contribution < -0.4 is 10.6 Å². The van der Waals surface area contributed by atoms with E-state index < -0.39 is 0 Å². The Morgan fingerprint density at radius 3 is 2.54 bits per heavy atom. The van der Waals surface area contributed by atoms with E-state index in [0.29, 0.717) is 17.8 Å². The first-order valence-corrected chi connectivity index (χ1v) is 5.27. The minimum absolute atomic E-state index is 0.107. The van der Waals surface area contributed by atoms with Gasteiger partial charge in [0.1, 0.15) is 0 Å². The zero-order valence-electron chi connectivity index (χ0n) is 8.03. The van der Waals surface area contributed by atoms with Crippen LogP contribution in [-0.4, -0.2) is 25.0 Å². The highest BCUT2D eigenvalue weighted by atomic mass is 35.5. The summed E-state index contributed by atoms with van der Waals surface area (Å²) in [6.07, 6.45) is 3.69. The van der Waals surface area contributed by atoms with Crippen molar-refractivity contribution >= 4 is 17.6 Å². The van der Waals surface area contributed by atoms with Gasteiger partial charge in [0, 0.05) is 19.0 Å². The molecular formula is C9H17ClN2O. The van der Waals surface area contributed by atoms with Gasteiger partial charge < -0.3 is 10.6 Å². The van der Waals surface area contributed by atoms with Gasteiger partial charge in [-0.25, -0.2) is 4.79 Å². The molecule has 0 aromatic carbocycles. The Hall–Kier alpha value is -0.440. The molecule has 0 saturated heterocycles. The molecule has 1 saturated carbocycles. The highest BCUT2D eigenvalue weighted by Gasteiger charge is 2.36. The van der Waals surface area contributed by atoms with Crippen molar-refractivity contribution in [1.29, 1.82) is 0 Å². The quantitative estimate of drug-likeness (QED) is 0.658. The van der Waals surface area contributed by atoms with Gasteiger partial charge in [0.15, 0.2) is 0 Å². The molecule has 0 unspecified atom stereocenters. The lowest BCUT2D eigenvalue weighted by atomic mass is 10.1. The summed E-state index contributed by atoms with van der Waals surface area (Å²) in [7, 11) is 0. The van der Waals surface area contributed by atoms with Gasteiger partial charge in [0.25, 0.3) is 0 Å². The number of carbonyl (C=O) groups excluding carboxylic acids is 1. The molecule has 1 aliphatic rings. The predicted octanol–water partition coefficient (Wildman–Crippen LogP) is 1.71. The smallest absolute Gasteiger partial charge is 0.314 e. The largest absolute Gasteiger partial charge is 0.338 e. The molecule has 2 N–H and O–H groups in total. The second-order valence-corrected chi connectivity index (χ2v) is 4.31. The fourth-order valence-electron chi connectivity index (χ4n) is 1.16. The molecular weight excluding hydrogens is 188 g/mol. The van der Waals surface area contributed by atoms with Crippen LogP contribution in [-0.2, 0) is 0 Å². The van der Waals surface area contributed by atoms with Gasteiger partial charge >= 0.3 is 6.03 Å². The second-order valence-electron chi connectivity index (χ2n) is 3.93. The van der Waals surface area contributed by atoms with E-state index in [2.05, 4.69) is 17.6 Å². The van der Waals surface area contributed by atoms with Crippen LogP contribution in [0.25, 0.3) is 0 Å². The Bertz CT molecular complexity index is 180. The number of hydrogen-bond donors (Lipinski definition) is 2. The molecule has 4 heteroatoms. The first kappa shape index (κ1) is 10.6. The third-order valence-corrected chi connectivity index (χ3v) is 2.69. The van der Waals surface area contributed by atoms with E-state index in [0.717, 1.165) is 13.0 Å². The number of nitrogens with one attached hydrogen (secondary N) is 2. The van der Waals surface area contributed by atoms with Crippen molar-refractivity contribution in [2.75, 3.05) is 19.0 Å². The van der Waals surface area contributed by atoms with Gasteiger partial charge in [-0.1, -0.05) is 6.92 Å². The summed E-state index contributed by atoms with van der Waals surface area (Å²) >= 11 is 5.42. The van der Waals surface area contributed by atoms with E-state index in [1.54, 1.807) is 0 Å². The van der Waals surface area contributed by atoms with Gasteiger partial charge in [0.2, 0.25) is 0 Å². The maximum absolute atomic E-state index is 11.0. The highest BCUT2D eigenvalue weighted by Crippen LogP contribution is 2.47. The van der Waals surface area contributed by atoms with E-state index in [9.17, 15) is 4.79 Å². The lowest BCUT2D eigenvalue weighted by Crippen LogP contribution is -2.37. The SMILES string of the molecule is CC1(CCNC(=O)NCCCl)CC1. The Morgan fingerprint density at radius 2 is 2.00 bits per heavy atom. The van der Waals surface area contributed by atoms with Crippen molar-refractivity contribution < 1.29 is 4.79 Å². The fraction of sp³-hybridized carbons (Fsp3) is 0.889. The summed E-state index contributed by atoms with van der Waals surface area (Å²) in [4.78, 5) is 11.0. The summed E-state index contributed by atoms with van der Waals surface area (Å²) in [5, 5.41) is 5.46. The Labute approximate surface area is 84.2 Å². The first-order valence-electron chi connectivity index (χ1n) is 4.74. The summed E-state index contributed by atoms with van der Waals surface area (Å²) in [5.74, 6) is 0.463. The molecule has 0 heterocycles. The predicted molar refractivity (Wildman–Crippen MR) is 54.1 cm³/mol. The van der Waals surface area contributed by atoms with Gasteiger partial charge in [-0.3, -0.25) is 0 Å². The monoisotopic (exact) mass is 204 g/mol. The van der Waals surface area contributed by atoms with E-state index >= 15 is 0 Å². The molecule has 0 aromatic rings. The number of halogens is 1. The van der Waals surface area contributed by atoms with E-state index in [-0.39, 0.29) is 6.03 Å². The van der Waals surface area contributed by atoms with Crippen LogP contribution in [0, 0.1) is 5.41 Å². The van der Waals surface area contributed by atoms with E-state index in [4.69, 9.17) is 11.6 Å². The molecule has 2 amide bonds. The molecule has 1 rings (SSSR count). The van der Waals surface area contributed by atoms with Crippen molar-refractivity contribution in [3.05, 3.63) is 0 Å². The van der Waals surface area contributed by atoms with Crippen molar-refractivity contribution in [3.63, 3.8) is 0 Å². The Kier molecular flexibility index (Phi) is 3.85. The average Bonchev–Trinajstić information content (AvgIpc) is 2.80. The summed E-state index contributed by atoms with van der Waals surface area (Å²) in [6, 6.07) is -0.107. The summed E-state index contributed by atoms with van der Waals surface area (Å²) in [5.41, 5.74) is 0.514. The molecule has 1 aliphatic carbocycles. The van der Waals surface area contributed by atoms with Crippen molar-refractivity contribution in [2.24, 2.45) is 5.41 Å². The number of rotatable bonds is 5.